The summed E-state index contributed by atoms with van der Waals surface area (Å²) in [5.41, 5.74) is 6.73. The van der Waals surface area contributed by atoms with Gasteiger partial charge < -0.3 is 15.4 Å². The molecule has 5 nitrogen and oxygen atoms in total. The highest BCUT2D eigenvalue weighted by Gasteiger charge is 2.24. The lowest BCUT2D eigenvalue weighted by molar-refractivity contribution is 0.139. The topological polar surface area (TPSA) is 54.1 Å². The second kappa shape index (κ2) is 5.89. The molecule has 1 fully saturated rings. The number of piperazine rings is 1. The third-order valence-electron chi connectivity index (χ3n) is 3.75. The van der Waals surface area contributed by atoms with Crippen LogP contribution in [0.5, 0.6) is 0 Å². The SMILES string of the molecule is NC1=NCC(CN2CCN(c3cccc(Cl)c3)CC2)O1. The Morgan fingerprint density at radius 2 is 2.10 bits per heavy atom. The molecule has 20 heavy (non-hydrogen) atoms. The van der Waals surface area contributed by atoms with E-state index in [1.807, 2.05) is 18.2 Å². The average Bonchev–Trinajstić information content (AvgIpc) is 2.85. The van der Waals surface area contributed by atoms with Gasteiger partial charge in [-0.3, -0.25) is 4.90 Å². The first-order chi connectivity index (χ1) is 9.70. The van der Waals surface area contributed by atoms with E-state index < -0.39 is 0 Å². The third-order valence-corrected chi connectivity index (χ3v) is 3.98. The van der Waals surface area contributed by atoms with Crippen molar-refractivity contribution in [3.63, 3.8) is 0 Å². The summed E-state index contributed by atoms with van der Waals surface area (Å²) in [7, 11) is 0. The zero-order valence-electron chi connectivity index (χ0n) is 11.3. The Balaban J connectivity index is 1.50. The van der Waals surface area contributed by atoms with Crippen molar-refractivity contribution in [1.82, 2.24) is 4.90 Å². The van der Waals surface area contributed by atoms with E-state index in [9.17, 15) is 0 Å². The Morgan fingerprint density at radius 3 is 2.75 bits per heavy atom. The Kier molecular flexibility index (Phi) is 3.98. The van der Waals surface area contributed by atoms with Crippen molar-refractivity contribution in [1.29, 1.82) is 0 Å². The molecule has 2 N–H and O–H groups in total. The molecule has 0 aromatic heterocycles. The molecule has 6 heteroatoms. The quantitative estimate of drug-likeness (QED) is 0.909. The minimum atomic E-state index is 0.118. The van der Waals surface area contributed by atoms with Crippen molar-refractivity contribution in [3.05, 3.63) is 29.3 Å². The molecule has 2 heterocycles. The van der Waals surface area contributed by atoms with E-state index in [2.05, 4.69) is 20.9 Å². The van der Waals surface area contributed by atoms with Crippen molar-refractivity contribution >= 4 is 23.3 Å². The lowest BCUT2D eigenvalue weighted by Gasteiger charge is -2.36. The van der Waals surface area contributed by atoms with Crippen LogP contribution in [0.25, 0.3) is 0 Å². The van der Waals surface area contributed by atoms with Gasteiger partial charge in [0, 0.05) is 43.4 Å². The van der Waals surface area contributed by atoms with E-state index in [0.717, 1.165) is 37.7 Å². The number of rotatable bonds is 3. The van der Waals surface area contributed by atoms with Crippen LogP contribution < -0.4 is 10.6 Å². The van der Waals surface area contributed by atoms with E-state index in [1.54, 1.807) is 0 Å². The maximum absolute atomic E-state index is 6.04. The summed E-state index contributed by atoms with van der Waals surface area (Å²) in [5, 5.41) is 0.789. The van der Waals surface area contributed by atoms with E-state index in [0.29, 0.717) is 12.6 Å². The van der Waals surface area contributed by atoms with Crippen molar-refractivity contribution in [2.75, 3.05) is 44.2 Å². The highest BCUT2D eigenvalue weighted by molar-refractivity contribution is 6.30. The second-order valence-electron chi connectivity index (χ2n) is 5.19. The van der Waals surface area contributed by atoms with Crippen LogP contribution in [-0.4, -0.2) is 56.3 Å². The van der Waals surface area contributed by atoms with Gasteiger partial charge in [0.05, 0.1) is 6.54 Å². The number of anilines is 1. The summed E-state index contributed by atoms with van der Waals surface area (Å²) in [6, 6.07) is 8.36. The maximum Gasteiger partial charge on any atom is 0.282 e. The lowest BCUT2D eigenvalue weighted by atomic mass is 10.2. The first-order valence-corrected chi connectivity index (χ1v) is 7.28. The lowest BCUT2D eigenvalue weighted by Crippen LogP contribution is -2.49. The first-order valence-electron chi connectivity index (χ1n) is 6.90. The van der Waals surface area contributed by atoms with Crippen LogP contribution in [0.4, 0.5) is 5.69 Å². The molecule has 108 valence electrons. The van der Waals surface area contributed by atoms with Crippen LogP contribution in [0.3, 0.4) is 0 Å². The van der Waals surface area contributed by atoms with E-state index >= 15 is 0 Å². The number of ether oxygens (including phenoxy) is 1. The van der Waals surface area contributed by atoms with Crippen LogP contribution in [0, 0.1) is 0 Å². The number of hydrogen-bond donors (Lipinski definition) is 1. The van der Waals surface area contributed by atoms with Gasteiger partial charge in [-0.05, 0) is 18.2 Å². The number of nitrogens with zero attached hydrogens (tertiary/aromatic N) is 3. The Hall–Kier alpha value is -1.46. The minimum Gasteiger partial charge on any atom is -0.459 e. The summed E-state index contributed by atoms with van der Waals surface area (Å²) in [4.78, 5) is 8.84. The highest BCUT2D eigenvalue weighted by Crippen LogP contribution is 2.21. The summed E-state index contributed by atoms with van der Waals surface area (Å²) in [6.07, 6.45) is 0.118. The zero-order valence-corrected chi connectivity index (χ0v) is 12.1. The average molecular weight is 295 g/mol. The molecular weight excluding hydrogens is 276 g/mol. The van der Waals surface area contributed by atoms with Gasteiger partial charge in [0.2, 0.25) is 0 Å². The van der Waals surface area contributed by atoms with Gasteiger partial charge in [0.1, 0.15) is 6.10 Å². The molecule has 1 atom stereocenters. The standard InChI is InChI=1S/C14H19ClN4O/c15-11-2-1-3-12(8-11)19-6-4-18(5-7-19)10-13-9-17-14(16)20-13/h1-3,8,13H,4-7,9-10H2,(H2,16,17). The Labute approximate surface area is 124 Å². The molecular formula is C14H19ClN4O. The maximum atomic E-state index is 6.04. The van der Waals surface area contributed by atoms with E-state index in [-0.39, 0.29) is 6.10 Å². The summed E-state index contributed by atoms with van der Waals surface area (Å²) in [5.74, 6) is 0. The fourth-order valence-corrected chi connectivity index (χ4v) is 2.87. The smallest absolute Gasteiger partial charge is 0.282 e. The fourth-order valence-electron chi connectivity index (χ4n) is 2.68. The molecule has 2 aliphatic rings. The van der Waals surface area contributed by atoms with Gasteiger partial charge in [-0.1, -0.05) is 17.7 Å². The summed E-state index contributed by atoms with van der Waals surface area (Å²) < 4.78 is 5.45. The number of aliphatic imine (C=N–C) groups is 1. The second-order valence-corrected chi connectivity index (χ2v) is 5.62. The van der Waals surface area contributed by atoms with Crippen LogP contribution in [0.1, 0.15) is 0 Å². The van der Waals surface area contributed by atoms with Gasteiger partial charge in [0.15, 0.2) is 0 Å². The predicted molar refractivity (Wildman–Crippen MR) is 81.5 cm³/mol. The van der Waals surface area contributed by atoms with Crippen LogP contribution in [0.2, 0.25) is 5.02 Å². The number of benzene rings is 1. The van der Waals surface area contributed by atoms with Crippen molar-refractivity contribution < 1.29 is 4.74 Å². The molecule has 3 rings (SSSR count). The van der Waals surface area contributed by atoms with Gasteiger partial charge in [-0.15, -0.1) is 0 Å². The molecule has 1 aromatic rings. The van der Waals surface area contributed by atoms with Gasteiger partial charge in [-0.25, -0.2) is 4.99 Å². The molecule has 1 aromatic carbocycles. The van der Waals surface area contributed by atoms with Crippen LogP contribution in [0.15, 0.2) is 29.3 Å². The molecule has 2 aliphatic heterocycles. The van der Waals surface area contributed by atoms with Gasteiger partial charge in [0.25, 0.3) is 6.02 Å². The Morgan fingerprint density at radius 1 is 1.30 bits per heavy atom. The molecule has 0 amide bonds. The predicted octanol–water partition coefficient (Wildman–Crippen LogP) is 1.18. The van der Waals surface area contributed by atoms with Crippen molar-refractivity contribution in [3.8, 4) is 0 Å². The molecule has 0 bridgehead atoms. The largest absolute Gasteiger partial charge is 0.459 e. The highest BCUT2D eigenvalue weighted by atomic mass is 35.5. The molecule has 0 aliphatic carbocycles. The summed E-state index contributed by atoms with van der Waals surface area (Å²) >= 11 is 6.04. The molecule has 0 saturated carbocycles. The van der Waals surface area contributed by atoms with Gasteiger partial charge >= 0.3 is 0 Å². The number of amidine groups is 1. The first kappa shape index (κ1) is 13.5. The number of nitrogens with two attached hydrogens (primary N) is 1. The normalized spacial score (nSPS) is 23.6. The monoisotopic (exact) mass is 294 g/mol. The van der Waals surface area contributed by atoms with Crippen LogP contribution >= 0.6 is 11.6 Å². The molecule has 0 spiro atoms. The van der Waals surface area contributed by atoms with Crippen molar-refractivity contribution in [2.24, 2.45) is 10.7 Å². The van der Waals surface area contributed by atoms with Crippen LogP contribution in [-0.2, 0) is 4.74 Å². The molecule has 1 unspecified atom stereocenters. The zero-order chi connectivity index (χ0) is 13.9. The molecule has 1 saturated heterocycles. The number of halogens is 1. The minimum absolute atomic E-state index is 0.118. The van der Waals surface area contributed by atoms with E-state index in [4.69, 9.17) is 22.1 Å². The summed E-state index contributed by atoms with van der Waals surface area (Å²) in [6.45, 7) is 5.62. The Bertz CT molecular complexity index is 500. The van der Waals surface area contributed by atoms with Crippen molar-refractivity contribution in [2.45, 2.75) is 6.10 Å². The fraction of sp³-hybridized carbons (Fsp3) is 0.500. The molecule has 0 radical (unpaired) electrons. The third kappa shape index (κ3) is 3.16. The van der Waals surface area contributed by atoms with E-state index in [1.165, 1.54) is 5.69 Å². The number of hydrogen-bond acceptors (Lipinski definition) is 5. The van der Waals surface area contributed by atoms with Gasteiger partial charge in [-0.2, -0.15) is 0 Å².